The Morgan fingerprint density at radius 1 is 1.36 bits per heavy atom. The molecule has 0 saturated heterocycles. The van der Waals surface area contributed by atoms with Crippen molar-refractivity contribution in [3.8, 4) is 0 Å². The van der Waals surface area contributed by atoms with Gasteiger partial charge in [-0.05, 0) is 19.4 Å². The topological polar surface area (TPSA) is 63.6 Å². The van der Waals surface area contributed by atoms with Crippen molar-refractivity contribution in [2.45, 2.75) is 26.7 Å². The molecule has 0 aromatic carbocycles. The minimum absolute atomic E-state index is 0. The van der Waals surface area contributed by atoms with Crippen LogP contribution in [0.25, 0.3) is 0 Å². The van der Waals surface area contributed by atoms with Gasteiger partial charge in [-0.2, -0.15) is 0 Å². The summed E-state index contributed by atoms with van der Waals surface area (Å²) in [5.41, 5.74) is 0.860. The molecule has 0 saturated carbocycles. The van der Waals surface area contributed by atoms with Gasteiger partial charge in [0, 0.05) is 21.1 Å². The zero-order valence-electron chi connectivity index (χ0n) is 9.57. The number of hydrogen-bond donors (Lipinski definition) is 1. The Hall–Kier alpha value is 1.00. The molecule has 0 aliphatic heterocycles. The van der Waals surface area contributed by atoms with Gasteiger partial charge in [-0.3, -0.25) is 9.59 Å². The average molecular weight is 308 g/mol. The van der Waals surface area contributed by atoms with Crippen LogP contribution >= 0.6 is 0 Å². The van der Waals surface area contributed by atoms with Crippen molar-refractivity contribution < 1.29 is 93.3 Å². The second kappa shape index (κ2) is 12.1. The fourth-order valence-electron chi connectivity index (χ4n) is 0.451. The molecule has 0 aliphatic rings. The minimum Gasteiger partial charge on any atom is -1.00 e. The van der Waals surface area contributed by atoms with Crippen molar-refractivity contribution in [3.05, 3.63) is 11.8 Å². The first-order valence-electron chi connectivity index (χ1n) is 3.57. The number of carbonyl (C=O) groups is 2. The third kappa shape index (κ3) is 15.5. The van der Waals surface area contributed by atoms with Crippen LogP contribution in [0.4, 0.5) is 0 Å². The van der Waals surface area contributed by atoms with Gasteiger partial charge in [-0.25, -0.2) is 0 Å². The van der Waals surface area contributed by atoms with Crippen molar-refractivity contribution >= 4 is 11.9 Å². The molecule has 0 radical (unpaired) electrons. The zero-order chi connectivity index (χ0) is 9.56. The Morgan fingerprint density at radius 3 is 2.21 bits per heavy atom. The first kappa shape index (κ1) is 20.4. The van der Waals surface area contributed by atoms with E-state index in [2.05, 4.69) is 4.74 Å². The Bertz CT molecular complexity index is 217. The van der Waals surface area contributed by atoms with E-state index >= 15 is 0 Å². The molecule has 0 spiro atoms. The van der Waals surface area contributed by atoms with Gasteiger partial charge in [-0.1, -0.05) is 0 Å². The van der Waals surface area contributed by atoms with Crippen LogP contribution in [0, 0.1) is 0 Å². The van der Waals surface area contributed by atoms with Gasteiger partial charge in [0.15, 0.2) is 0 Å². The Labute approximate surface area is 142 Å². The summed E-state index contributed by atoms with van der Waals surface area (Å²) < 4.78 is 4.59. The monoisotopic (exact) mass is 310 g/mol. The molecule has 0 unspecified atom stereocenters. The van der Waals surface area contributed by atoms with Gasteiger partial charge in [0.05, 0.1) is 19.1 Å². The van der Waals surface area contributed by atoms with Gasteiger partial charge in [0.2, 0.25) is 0 Å². The predicted molar refractivity (Wildman–Crippen MR) is 43.5 cm³/mol. The van der Waals surface area contributed by atoms with E-state index in [1.807, 2.05) is 0 Å². The zero-order valence-corrected chi connectivity index (χ0v) is 13.7. The van der Waals surface area contributed by atoms with Crippen LogP contribution in [0.5, 0.6) is 0 Å². The van der Waals surface area contributed by atoms with Crippen molar-refractivity contribution in [1.82, 2.24) is 0 Å². The number of carboxylic acids is 1. The van der Waals surface area contributed by atoms with Crippen LogP contribution in [0.1, 0.15) is 28.1 Å². The van der Waals surface area contributed by atoms with Crippen LogP contribution in [-0.4, -0.2) is 17.0 Å². The smallest absolute Gasteiger partial charge is 1.00 e. The third-order valence-electron chi connectivity index (χ3n) is 0.969. The van der Waals surface area contributed by atoms with Gasteiger partial charge >= 0.3 is 63.3 Å². The summed E-state index contributed by atoms with van der Waals surface area (Å²) in [6, 6.07) is 0. The molecular formula is C8H13KMoO4. The second-order valence-corrected chi connectivity index (χ2v) is 2.58. The number of carboxylic acid groups (broad SMARTS) is 1. The first-order chi connectivity index (χ1) is 5.52. The molecule has 0 aromatic heterocycles. The molecule has 1 N–H and O–H groups in total. The van der Waals surface area contributed by atoms with Crippen molar-refractivity contribution in [3.63, 3.8) is 0 Å². The third-order valence-corrected chi connectivity index (χ3v) is 0.969. The van der Waals surface area contributed by atoms with Crippen LogP contribution in [-0.2, 0) is 35.4 Å². The maximum Gasteiger partial charge on any atom is 1.00 e. The Morgan fingerprint density at radius 2 is 1.86 bits per heavy atom. The molecule has 0 heterocycles. The maximum absolute atomic E-state index is 10.7. The van der Waals surface area contributed by atoms with Crippen LogP contribution in [0.3, 0.4) is 0 Å². The van der Waals surface area contributed by atoms with Gasteiger partial charge in [0.25, 0.3) is 0 Å². The van der Waals surface area contributed by atoms with Crippen molar-refractivity contribution in [1.29, 1.82) is 0 Å². The SMILES string of the molecule is CC(C)=COC(=O)CCC(=O)O.[H-].[K+].[Mo]. The standard InChI is InChI=1S/C8H12O4.K.Mo.H/c1-6(2)5-12-8(11)4-3-7(9)10;;;/h5H,3-4H2,1-2H3,(H,9,10);;;/q;+1;;-1. The summed E-state index contributed by atoms with van der Waals surface area (Å²) in [5, 5.41) is 8.22. The van der Waals surface area contributed by atoms with Crippen molar-refractivity contribution in [2.75, 3.05) is 0 Å². The van der Waals surface area contributed by atoms with Crippen LogP contribution in [0.2, 0.25) is 0 Å². The predicted octanol–water partition coefficient (Wildman–Crippen LogP) is -1.57. The largest absolute Gasteiger partial charge is 1.00 e. The summed E-state index contributed by atoms with van der Waals surface area (Å²) in [6.45, 7) is 3.56. The number of carbonyl (C=O) groups excluding carboxylic acids is 1. The van der Waals surface area contributed by atoms with Crippen LogP contribution in [0.15, 0.2) is 11.8 Å². The number of hydrogen-bond acceptors (Lipinski definition) is 3. The molecule has 6 heteroatoms. The molecule has 0 aromatic rings. The fourth-order valence-corrected chi connectivity index (χ4v) is 0.451. The molecule has 0 fully saturated rings. The molecular weight excluding hydrogens is 295 g/mol. The molecule has 76 valence electrons. The second-order valence-electron chi connectivity index (χ2n) is 2.58. The van der Waals surface area contributed by atoms with E-state index in [0.717, 1.165) is 5.57 Å². The minimum atomic E-state index is -0.996. The van der Waals surface area contributed by atoms with Crippen LogP contribution < -0.4 is 51.4 Å². The van der Waals surface area contributed by atoms with E-state index in [-0.39, 0.29) is 86.7 Å². The van der Waals surface area contributed by atoms with E-state index in [9.17, 15) is 9.59 Å². The fraction of sp³-hybridized carbons (Fsp3) is 0.500. The number of rotatable bonds is 4. The normalized spacial score (nSPS) is 7.57. The Balaban J connectivity index is -0.000000202. The van der Waals surface area contributed by atoms with Gasteiger partial charge < -0.3 is 11.3 Å². The summed E-state index contributed by atoms with van der Waals surface area (Å²) in [4.78, 5) is 20.7. The molecule has 0 atom stereocenters. The number of allylic oxidation sites excluding steroid dienone is 1. The molecule has 0 bridgehead atoms. The molecule has 14 heavy (non-hydrogen) atoms. The average Bonchev–Trinajstić information content (AvgIpc) is 1.96. The molecule has 0 rings (SSSR count). The van der Waals surface area contributed by atoms with Gasteiger partial charge in [0.1, 0.15) is 0 Å². The number of esters is 1. The van der Waals surface area contributed by atoms with Gasteiger partial charge in [-0.15, -0.1) is 0 Å². The van der Waals surface area contributed by atoms with E-state index < -0.39 is 11.9 Å². The summed E-state index contributed by atoms with van der Waals surface area (Å²) in [5.74, 6) is -1.51. The summed E-state index contributed by atoms with van der Waals surface area (Å²) >= 11 is 0. The van der Waals surface area contributed by atoms with Crippen molar-refractivity contribution in [2.24, 2.45) is 0 Å². The van der Waals surface area contributed by atoms with E-state index in [0.29, 0.717) is 0 Å². The molecule has 0 aliphatic carbocycles. The maximum atomic E-state index is 10.7. The molecule has 0 amide bonds. The van der Waals surface area contributed by atoms with E-state index in [1.165, 1.54) is 6.26 Å². The summed E-state index contributed by atoms with van der Waals surface area (Å²) in [7, 11) is 0. The number of aliphatic carboxylic acids is 1. The first-order valence-corrected chi connectivity index (χ1v) is 3.57. The Kier molecular flexibility index (Phi) is 17.6. The van der Waals surface area contributed by atoms with E-state index in [4.69, 9.17) is 5.11 Å². The number of ether oxygens (including phenoxy) is 1. The molecule has 4 nitrogen and oxygen atoms in total. The quantitative estimate of drug-likeness (QED) is 0.387. The summed E-state index contributed by atoms with van der Waals surface area (Å²) in [6.07, 6.45) is 1.04. The van der Waals surface area contributed by atoms with E-state index in [1.54, 1.807) is 13.8 Å².